The number of phosphoric ester groups is 1. The van der Waals surface area contributed by atoms with Gasteiger partial charge in [0.05, 0.1) is 34.4 Å². The molecule has 0 saturated carbocycles. The number of hydrogen-bond acceptors (Lipinski definition) is 7. The molecule has 2 unspecified atom stereocenters. The number of esters is 1. The fraction of sp³-hybridized carbons (Fsp3) is 0.827. The molecule has 0 amide bonds. The normalized spacial score (nSPS) is 14.0. The Labute approximate surface area is 378 Å². The molecule has 0 fully saturated rings. The maximum Gasteiger partial charge on any atom is 0.306 e. The van der Waals surface area contributed by atoms with E-state index < -0.39 is 13.9 Å². The van der Waals surface area contributed by atoms with Crippen LogP contribution in [0.2, 0.25) is 0 Å². The highest BCUT2D eigenvalue weighted by atomic mass is 31.2. The molecule has 0 aromatic carbocycles. The second-order valence-corrected chi connectivity index (χ2v) is 19.6. The highest BCUT2D eigenvalue weighted by Crippen LogP contribution is 2.38. The summed E-state index contributed by atoms with van der Waals surface area (Å²) in [6.07, 6.45) is 55.5. The Balaban J connectivity index is 4.20. The van der Waals surface area contributed by atoms with Crippen molar-refractivity contribution in [1.82, 2.24) is 0 Å². The van der Waals surface area contributed by atoms with Crippen molar-refractivity contribution in [2.24, 2.45) is 0 Å². The Morgan fingerprint density at radius 2 is 0.902 bits per heavy atom. The lowest BCUT2D eigenvalue weighted by Crippen LogP contribution is -2.37. The number of phosphoric acid groups is 1. The van der Waals surface area contributed by atoms with E-state index in [0.29, 0.717) is 24.1 Å². The molecule has 0 aliphatic rings. The minimum Gasteiger partial charge on any atom is -0.756 e. The predicted octanol–water partition coefficient (Wildman–Crippen LogP) is 14.9. The average Bonchev–Trinajstić information content (AvgIpc) is 3.22. The highest BCUT2D eigenvalue weighted by Gasteiger charge is 2.20. The van der Waals surface area contributed by atoms with Crippen LogP contribution in [-0.4, -0.2) is 70.7 Å². The van der Waals surface area contributed by atoms with Crippen LogP contribution in [0, 0.1) is 0 Å². The number of hydrogen-bond donors (Lipinski definition) is 0. The van der Waals surface area contributed by atoms with Crippen LogP contribution in [0.1, 0.15) is 219 Å². The molecule has 0 saturated heterocycles. The van der Waals surface area contributed by atoms with E-state index in [1.807, 2.05) is 21.1 Å². The standard InChI is InChI=1S/C52H98NO7P/c1-6-8-10-12-14-16-18-20-22-24-26-27-28-29-31-33-35-37-39-41-43-45-52(54)60-51(50-59-61(55,56)58-48-46-53(3,4)5)49-57-47-44-42-40-38-36-34-32-30-25-23-21-19-17-15-13-11-9-7-2/h18,20-21,23-24,26,28-29,51H,6-17,19,22,25,27,30-50H2,1-5H3/b20-18-,23-21-,26-24-,29-28-. The third-order valence-corrected chi connectivity index (χ3v) is 11.8. The fourth-order valence-electron chi connectivity index (χ4n) is 6.90. The maximum atomic E-state index is 12.7. The fourth-order valence-corrected chi connectivity index (χ4v) is 7.63. The van der Waals surface area contributed by atoms with Crippen LogP contribution in [0.5, 0.6) is 0 Å². The van der Waals surface area contributed by atoms with E-state index in [9.17, 15) is 14.3 Å². The van der Waals surface area contributed by atoms with E-state index in [-0.39, 0.29) is 25.8 Å². The van der Waals surface area contributed by atoms with Crippen molar-refractivity contribution in [3.05, 3.63) is 48.6 Å². The first kappa shape index (κ1) is 59.5. The summed E-state index contributed by atoms with van der Waals surface area (Å²) in [5, 5.41) is 0. The van der Waals surface area contributed by atoms with Crippen LogP contribution in [0.25, 0.3) is 0 Å². The zero-order valence-electron chi connectivity index (χ0n) is 40.6. The number of carbonyl (C=O) groups excluding carboxylic acids is 1. The van der Waals surface area contributed by atoms with Crippen molar-refractivity contribution in [2.75, 3.05) is 54.1 Å². The molecule has 0 aliphatic carbocycles. The van der Waals surface area contributed by atoms with Crippen molar-refractivity contribution >= 4 is 13.8 Å². The molecule has 0 aliphatic heterocycles. The number of nitrogens with zero attached hydrogens (tertiary/aromatic N) is 1. The topological polar surface area (TPSA) is 94.1 Å². The van der Waals surface area contributed by atoms with Gasteiger partial charge in [-0.2, -0.15) is 0 Å². The number of ether oxygens (including phenoxy) is 2. The lowest BCUT2D eigenvalue weighted by atomic mass is 10.1. The van der Waals surface area contributed by atoms with Gasteiger partial charge in [-0.3, -0.25) is 9.36 Å². The molecule has 0 spiro atoms. The summed E-state index contributed by atoms with van der Waals surface area (Å²) >= 11 is 0. The van der Waals surface area contributed by atoms with Crippen LogP contribution < -0.4 is 4.89 Å². The molecule has 2 atom stereocenters. The molecule has 8 nitrogen and oxygen atoms in total. The average molecular weight is 880 g/mol. The van der Waals surface area contributed by atoms with Gasteiger partial charge in [0, 0.05) is 13.0 Å². The summed E-state index contributed by atoms with van der Waals surface area (Å²) < 4.78 is 34.7. The molecular formula is C52H98NO7P. The van der Waals surface area contributed by atoms with Crippen molar-refractivity contribution < 1.29 is 37.3 Å². The van der Waals surface area contributed by atoms with Gasteiger partial charge in [-0.05, 0) is 77.0 Å². The first-order valence-electron chi connectivity index (χ1n) is 25.4. The number of carbonyl (C=O) groups is 1. The van der Waals surface area contributed by atoms with E-state index in [1.165, 1.54) is 141 Å². The monoisotopic (exact) mass is 880 g/mol. The van der Waals surface area contributed by atoms with Crippen LogP contribution in [0.3, 0.4) is 0 Å². The number of likely N-dealkylation sites (N-methyl/N-ethyl adjacent to an activating group) is 1. The van der Waals surface area contributed by atoms with Crippen LogP contribution in [-0.2, 0) is 27.9 Å². The molecule has 0 heterocycles. The summed E-state index contributed by atoms with van der Waals surface area (Å²) in [6, 6.07) is 0. The van der Waals surface area contributed by atoms with Gasteiger partial charge in [0.25, 0.3) is 7.82 Å². The summed E-state index contributed by atoms with van der Waals surface area (Å²) in [7, 11) is 1.34. The summed E-state index contributed by atoms with van der Waals surface area (Å²) in [4.78, 5) is 25.2. The van der Waals surface area contributed by atoms with Gasteiger partial charge in [-0.15, -0.1) is 0 Å². The summed E-state index contributed by atoms with van der Waals surface area (Å²) in [5.41, 5.74) is 0. The summed E-state index contributed by atoms with van der Waals surface area (Å²) in [5.74, 6) is -0.346. The molecule has 0 N–H and O–H groups in total. The SMILES string of the molecule is CCCCCCC/C=C\C/C=C\C/C=C\CCCCCCCCC(=O)OC(COCCCCCCCCCC/C=C\CCCCCCCC)COP(=O)([O-])OCC[N+](C)(C)C. The van der Waals surface area contributed by atoms with Gasteiger partial charge < -0.3 is 27.9 Å². The molecule has 0 radical (unpaired) electrons. The van der Waals surface area contributed by atoms with Crippen LogP contribution >= 0.6 is 7.82 Å². The first-order chi connectivity index (χ1) is 29.6. The second kappa shape index (κ2) is 45.0. The molecule has 0 bridgehead atoms. The predicted molar refractivity (Wildman–Crippen MR) is 259 cm³/mol. The van der Waals surface area contributed by atoms with E-state index in [2.05, 4.69) is 62.5 Å². The molecule has 61 heavy (non-hydrogen) atoms. The van der Waals surface area contributed by atoms with Gasteiger partial charge in [0.15, 0.2) is 0 Å². The first-order valence-corrected chi connectivity index (χ1v) is 26.8. The third kappa shape index (κ3) is 49.3. The quantitative estimate of drug-likeness (QED) is 0.0198. The van der Waals surface area contributed by atoms with Crippen molar-refractivity contribution in [3.8, 4) is 0 Å². The van der Waals surface area contributed by atoms with Crippen molar-refractivity contribution in [2.45, 2.75) is 225 Å². The Morgan fingerprint density at radius 1 is 0.508 bits per heavy atom. The van der Waals surface area contributed by atoms with Crippen molar-refractivity contribution in [1.29, 1.82) is 0 Å². The van der Waals surface area contributed by atoms with Gasteiger partial charge in [-0.1, -0.05) is 184 Å². The minimum atomic E-state index is -4.54. The highest BCUT2D eigenvalue weighted by molar-refractivity contribution is 7.45. The number of rotatable bonds is 47. The Bertz CT molecular complexity index is 1120. The Hall–Kier alpha value is -1.54. The smallest absolute Gasteiger partial charge is 0.306 e. The van der Waals surface area contributed by atoms with Gasteiger partial charge in [0.1, 0.15) is 19.3 Å². The van der Waals surface area contributed by atoms with E-state index in [4.69, 9.17) is 18.5 Å². The van der Waals surface area contributed by atoms with Crippen LogP contribution in [0.4, 0.5) is 0 Å². The third-order valence-electron chi connectivity index (χ3n) is 10.9. The lowest BCUT2D eigenvalue weighted by molar-refractivity contribution is -0.870. The molecular weight excluding hydrogens is 782 g/mol. The zero-order chi connectivity index (χ0) is 44.8. The number of quaternary nitrogens is 1. The van der Waals surface area contributed by atoms with Gasteiger partial charge in [-0.25, -0.2) is 0 Å². The minimum absolute atomic E-state index is 0.0217. The van der Waals surface area contributed by atoms with Crippen LogP contribution in [0.15, 0.2) is 48.6 Å². The molecule has 0 rings (SSSR count). The van der Waals surface area contributed by atoms with Gasteiger partial charge in [0.2, 0.25) is 0 Å². The van der Waals surface area contributed by atoms with Crippen molar-refractivity contribution in [3.63, 3.8) is 0 Å². The Kier molecular flexibility index (Phi) is 43.9. The second-order valence-electron chi connectivity index (χ2n) is 18.2. The lowest BCUT2D eigenvalue weighted by Gasteiger charge is -2.28. The molecule has 0 aromatic rings. The zero-order valence-corrected chi connectivity index (χ0v) is 41.5. The Morgan fingerprint density at radius 3 is 1.36 bits per heavy atom. The molecule has 9 heteroatoms. The van der Waals surface area contributed by atoms with Gasteiger partial charge >= 0.3 is 5.97 Å². The van der Waals surface area contributed by atoms with E-state index in [0.717, 1.165) is 57.8 Å². The number of unbranched alkanes of at least 4 members (excludes halogenated alkanes) is 25. The maximum absolute atomic E-state index is 12.7. The van der Waals surface area contributed by atoms with E-state index in [1.54, 1.807) is 0 Å². The van der Waals surface area contributed by atoms with E-state index >= 15 is 0 Å². The molecule has 358 valence electrons. The largest absolute Gasteiger partial charge is 0.756 e. The molecule has 0 aromatic heterocycles. The number of allylic oxidation sites excluding steroid dienone is 8. The summed E-state index contributed by atoms with van der Waals surface area (Å²) in [6.45, 7) is 5.39.